The summed E-state index contributed by atoms with van der Waals surface area (Å²) in [6.45, 7) is 5.51. The summed E-state index contributed by atoms with van der Waals surface area (Å²) in [5.41, 5.74) is -2.40. The Labute approximate surface area is 164 Å². The molecule has 0 N–H and O–H groups in total. The molecule has 28 heavy (non-hydrogen) atoms. The highest BCUT2D eigenvalue weighted by Crippen LogP contribution is 2.37. The minimum Gasteiger partial charge on any atom is -0.464 e. The third kappa shape index (κ3) is 4.90. The number of rotatable bonds is 5. The molecule has 6 nitrogen and oxygen atoms in total. The molecule has 150 valence electrons. The summed E-state index contributed by atoms with van der Waals surface area (Å²) in [4.78, 5) is 16.3. The predicted molar refractivity (Wildman–Crippen MR) is 99.7 cm³/mol. The van der Waals surface area contributed by atoms with Crippen LogP contribution >= 0.6 is 11.8 Å². The van der Waals surface area contributed by atoms with Crippen LogP contribution in [0.4, 0.5) is 18.9 Å². The summed E-state index contributed by atoms with van der Waals surface area (Å²) in [6.07, 6.45) is -4.44. The van der Waals surface area contributed by atoms with Crippen molar-refractivity contribution in [2.75, 3.05) is 12.4 Å². The molecule has 1 aliphatic heterocycles. The first kappa shape index (κ1) is 21.9. The number of alkyl halides is 3. The number of esters is 1. The Morgan fingerprint density at radius 1 is 1.46 bits per heavy atom. The number of carbonyl (C=O) groups excluding carboxylic acids is 1. The molecule has 0 aliphatic carbocycles. The van der Waals surface area contributed by atoms with Crippen molar-refractivity contribution in [3.8, 4) is 6.07 Å². The van der Waals surface area contributed by atoms with Gasteiger partial charge in [0.05, 0.1) is 29.5 Å². The molecule has 0 aromatic heterocycles. The molecule has 0 radical (unpaired) electrons. The SMILES string of the molecule is CCOC(=O)C1CC(C)(C(=Nc2ccc(C#N)c(C(F)(F)F)c2)SCC)N=N1. The van der Waals surface area contributed by atoms with Crippen LogP contribution in [-0.2, 0) is 15.7 Å². The van der Waals surface area contributed by atoms with Gasteiger partial charge in [-0.1, -0.05) is 6.92 Å². The van der Waals surface area contributed by atoms with Crippen molar-refractivity contribution in [3.05, 3.63) is 29.3 Å². The van der Waals surface area contributed by atoms with Gasteiger partial charge in [0.15, 0.2) is 6.04 Å². The zero-order chi connectivity index (χ0) is 20.9. The number of carbonyl (C=O) groups is 1. The molecule has 2 rings (SSSR count). The van der Waals surface area contributed by atoms with Crippen LogP contribution in [0.5, 0.6) is 0 Å². The van der Waals surface area contributed by atoms with Crippen LogP contribution in [0.15, 0.2) is 33.4 Å². The van der Waals surface area contributed by atoms with Gasteiger partial charge >= 0.3 is 12.1 Å². The number of azo groups is 1. The molecule has 0 fully saturated rings. The number of aliphatic imine (C=N–C) groups is 1. The molecule has 0 saturated heterocycles. The van der Waals surface area contributed by atoms with Crippen molar-refractivity contribution >= 4 is 28.5 Å². The average molecular weight is 412 g/mol. The molecule has 0 saturated carbocycles. The Morgan fingerprint density at radius 3 is 2.75 bits per heavy atom. The fraction of sp³-hybridized carbons (Fsp3) is 0.500. The standard InChI is InChI=1S/C18H19F3N4O2S/c1-4-27-15(26)14-9-17(3,25-24-14)16(28-5-2)23-12-7-6-11(10-22)13(8-12)18(19,20)21/h6-8,14H,4-5,9H2,1-3H3. The van der Waals surface area contributed by atoms with E-state index < -0.39 is 34.9 Å². The molecule has 0 spiro atoms. The lowest BCUT2D eigenvalue weighted by Crippen LogP contribution is -2.33. The lowest BCUT2D eigenvalue weighted by molar-refractivity contribution is -0.144. The van der Waals surface area contributed by atoms with Gasteiger partial charge in [-0.3, -0.25) is 0 Å². The van der Waals surface area contributed by atoms with Gasteiger partial charge in [0.2, 0.25) is 0 Å². The summed E-state index contributed by atoms with van der Waals surface area (Å²) < 4.78 is 44.6. The third-order valence-electron chi connectivity index (χ3n) is 3.97. The highest BCUT2D eigenvalue weighted by Gasteiger charge is 2.42. The number of nitriles is 1. The Balaban J connectivity index is 2.40. The largest absolute Gasteiger partial charge is 0.464 e. The molecule has 1 aromatic carbocycles. The van der Waals surface area contributed by atoms with E-state index in [-0.39, 0.29) is 18.7 Å². The van der Waals surface area contributed by atoms with Crippen LogP contribution in [0, 0.1) is 11.3 Å². The van der Waals surface area contributed by atoms with Crippen LogP contribution in [-0.4, -0.2) is 35.0 Å². The zero-order valence-electron chi connectivity index (χ0n) is 15.6. The molecular weight excluding hydrogens is 393 g/mol. The van der Waals surface area contributed by atoms with Crippen LogP contribution in [0.1, 0.15) is 38.3 Å². The second kappa shape index (κ2) is 8.73. The molecule has 10 heteroatoms. The Morgan fingerprint density at radius 2 is 2.18 bits per heavy atom. The summed E-state index contributed by atoms with van der Waals surface area (Å²) >= 11 is 1.32. The maximum atomic E-state index is 13.2. The molecule has 0 amide bonds. The van der Waals surface area contributed by atoms with Crippen molar-refractivity contribution in [1.82, 2.24) is 0 Å². The summed E-state index contributed by atoms with van der Waals surface area (Å²) in [7, 11) is 0. The fourth-order valence-corrected chi connectivity index (χ4v) is 3.53. The molecule has 1 aromatic rings. The van der Waals surface area contributed by atoms with Crippen LogP contribution in [0.2, 0.25) is 0 Å². The molecular formula is C18H19F3N4O2S. The second-order valence-electron chi connectivity index (χ2n) is 6.15. The highest BCUT2D eigenvalue weighted by atomic mass is 32.2. The molecule has 0 bridgehead atoms. The topological polar surface area (TPSA) is 87.2 Å². The lowest BCUT2D eigenvalue weighted by Gasteiger charge is -2.21. The molecule has 2 atom stereocenters. The Kier molecular flexibility index (Phi) is 6.82. The number of hydrogen-bond donors (Lipinski definition) is 0. The van der Waals surface area contributed by atoms with E-state index in [4.69, 9.17) is 10.00 Å². The monoisotopic (exact) mass is 412 g/mol. The van der Waals surface area contributed by atoms with E-state index in [0.717, 1.165) is 12.1 Å². The van der Waals surface area contributed by atoms with Crippen molar-refractivity contribution < 1.29 is 22.7 Å². The van der Waals surface area contributed by atoms with Gasteiger partial charge in [0, 0.05) is 6.42 Å². The van der Waals surface area contributed by atoms with E-state index >= 15 is 0 Å². The van der Waals surface area contributed by atoms with Gasteiger partial charge in [-0.15, -0.1) is 11.8 Å². The van der Waals surface area contributed by atoms with Crippen LogP contribution in [0.3, 0.4) is 0 Å². The van der Waals surface area contributed by atoms with E-state index in [2.05, 4.69) is 15.2 Å². The second-order valence-corrected chi connectivity index (χ2v) is 7.40. The van der Waals surface area contributed by atoms with E-state index in [0.29, 0.717) is 10.8 Å². The summed E-state index contributed by atoms with van der Waals surface area (Å²) in [5, 5.41) is 17.5. The number of ether oxygens (including phenoxy) is 1. The van der Waals surface area contributed by atoms with E-state index in [1.54, 1.807) is 19.9 Å². The van der Waals surface area contributed by atoms with Crippen molar-refractivity contribution in [2.24, 2.45) is 15.2 Å². The zero-order valence-corrected chi connectivity index (χ0v) is 16.4. The quantitative estimate of drug-likeness (QED) is 0.391. The summed E-state index contributed by atoms with van der Waals surface area (Å²) in [5.74, 6) is 0.115. The predicted octanol–water partition coefficient (Wildman–Crippen LogP) is 4.91. The first-order chi connectivity index (χ1) is 13.1. The van der Waals surface area contributed by atoms with Gasteiger partial charge in [-0.05, 0) is 37.8 Å². The van der Waals surface area contributed by atoms with Crippen molar-refractivity contribution in [2.45, 2.75) is 44.9 Å². The lowest BCUT2D eigenvalue weighted by atomic mass is 9.97. The number of halogens is 3. The summed E-state index contributed by atoms with van der Waals surface area (Å²) in [6, 6.07) is 4.06. The van der Waals surface area contributed by atoms with E-state index in [1.165, 1.54) is 17.8 Å². The minimum atomic E-state index is -4.67. The number of benzene rings is 1. The van der Waals surface area contributed by atoms with Crippen LogP contribution in [0.25, 0.3) is 0 Å². The van der Waals surface area contributed by atoms with E-state index in [9.17, 15) is 18.0 Å². The number of nitrogens with zero attached hydrogens (tertiary/aromatic N) is 4. The number of hydrogen-bond acceptors (Lipinski definition) is 7. The van der Waals surface area contributed by atoms with Gasteiger partial charge < -0.3 is 4.74 Å². The first-order valence-corrected chi connectivity index (χ1v) is 9.55. The minimum absolute atomic E-state index is 0.0540. The maximum Gasteiger partial charge on any atom is 0.417 e. The first-order valence-electron chi connectivity index (χ1n) is 8.56. The third-order valence-corrected chi connectivity index (χ3v) is 5.06. The Hall–Kier alpha value is -2.41. The van der Waals surface area contributed by atoms with Gasteiger partial charge in [-0.25, -0.2) is 9.79 Å². The normalized spacial score (nSPS) is 22.2. The average Bonchev–Trinajstić information content (AvgIpc) is 3.04. The highest BCUT2D eigenvalue weighted by molar-refractivity contribution is 8.14. The van der Waals surface area contributed by atoms with Gasteiger partial charge in [0.1, 0.15) is 10.6 Å². The van der Waals surface area contributed by atoms with E-state index in [1.807, 2.05) is 6.92 Å². The van der Waals surface area contributed by atoms with Gasteiger partial charge in [-0.2, -0.15) is 28.7 Å². The van der Waals surface area contributed by atoms with Crippen LogP contribution < -0.4 is 0 Å². The molecule has 2 unspecified atom stereocenters. The maximum absolute atomic E-state index is 13.2. The van der Waals surface area contributed by atoms with Gasteiger partial charge in [0.25, 0.3) is 0 Å². The van der Waals surface area contributed by atoms with Crippen molar-refractivity contribution in [3.63, 3.8) is 0 Å². The fourth-order valence-electron chi connectivity index (χ4n) is 2.65. The molecule has 1 heterocycles. The Bertz CT molecular complexity index is 848. The number of thioether (sulfide) groups is 1. The smallest absolute Gasteiger partial charge is 0.417 e. The molecule has 1 aliphatic rings. The van der Waals surface area contributed by atoms with Crippen molar-refractivity contribution in [1.29, 1.82) is 5.26 Å².